The van der Waals surface area contributed by atoms with Crippen molar-refractivity contribution < 1.29 is 4.74 Å². The van der Waals surface area contributed by atoms with Crippen LogP contribution in [0.1, 0.15) is 37.3 Å². The lowest BCUT2D eigenvalue weighted by Gasteiger charge is -2.33. The largest absolute Gasteiger partial charge is 0.497 e. The van der Waals surface area contributed by atoms with E-state index in [0.717, 1.165) is 25.4 Å². The minimum absolute atomic E-state index is 0.548. The average molecular weight is 299 g/mol. The van der Waals surface area contributed by atoms with Gasteiger partial charge in [-0.05, 0) is 42.5 Å². The van der Waals surface area contributed by atoms with E-state index in [4.69, 9.17) is 4.74 Å². The second-order valence-electron chi connectivity index (χ2n) is 6.19. The highest BCUT2D eigenvalue weighted by Crippen LogP contribution is 2.25. The fourth-order valence-corrected chi connectivity index (χ4v) is 3.29. The first-order chi connectivity index (χ1) is 10.8. The number of likely N-dealkylation sites (tertiary alicyclic amines) is 1. The predicted molar refractivity (Wildman–Crippen MR) is 88.3 cm³/mol. The summed E-state index contributed by atoms with van der Waals surface area (Å²) in [6.45, 7) is 5.75. The number of aromatic nitrogens is 2. The summed E-state index contributed by atoms with van der Waals surface area (Å²) in [7, 11) is 1.71. The minimum Gasteiger partial charge on any atom is -0.497 e. The van der Waals surface area contributed by atoms with Crippen LogP contribution in [0, 0.1) is 0 Å². The van der Waals surface area contributed by atoms with E-state index in [2.05, 4.69) is 52.1 Å². The molecule has 118 valence electrons. The van der Waals surface area contributed by atoms with Crippen molar-refractivity contribution in [2.24, 2.45) is 0 Å². The summed E-state index contributed by atoms with van der Waals surface area (Å²) in [6.07, 6.45) is 6.34. The second-order valence-corrected chi connectivity index (χ2v) is 6.19. The van der Waals surface area contributed by atoms with Crippen molar-refractivity contribution in [2.75, 3.05) is 26.7 Å². The van der Waals surface area contributed by atoms with Crippen LogP contribution < -0.4 is 4.74 Å². The Hall–Kier alpha value is -1.81. The van der Waals surface area contributed by atoms with Gasteiger partial charge in [0, 0.05) is 32.0 Å². The third kappa shape index (κ3) is 3.50. The minimum atomic E-state index is 0.548. The number of methoxy groups -OCH3 is 1. The Bertz CT molecular complexity index is 557. The van der Waals surface area contributed by atoms with Crippen LogP contribution >= 0.6 is 0 Å². The number of hydrogen-bond acceptors (Lipinski definition) is 3. The van der Waals surface area contributed by atoms with E-state index in [1.165, 1.54) is 18.4 Å². The van der Waals surface area contributed by atoms with Gasteiger partial charge >= 0.3 is 0 Å². The van der Waals surface area contributed by atoms with Crippen molar-refractivity contribution in [3.63, 3.8) is 0 Å². The molecule has 1 aliphatic rings. The molecule has 4 heteroatoms. The molecule has 1 atom stereocenters. The molecule has 3 rings (SSSR count). The monoisotopic (exact) mass is 299 g/mol. The normalized spacial score (nSPS) is 18.3. The van der Waals surface area contributed by atoms with Crippen molar-refractivity contribution >= 4 is 0 Å². The summed E-state index contributed by atoms with van der Waals surface area (Å²) in [4.78, 5) is 2.58. The second kappa shape index (κ2) is 6.97. The van der Waals surface area contributed by atoms with Gasteiger partial charge in [-0.1, -0.05) is 19.1 Å². The van der Waals surface area contributed by atoms with Crippen LogP contribution in [0.15, 0.2) is 42.7 Å². The molecule has 0 radical (unpaired) electrons. The molecule has 1 unspecified atom stereocenters. The fourth-order valence-electron chi connectivity index (χ4n) is 3.29. The molecular weight excluding hydrogens is 274 g/mol. The molecule has 0 bridgehead atoms. The summed E-state index contributed by atoms with van der Waals surface area (Å²) in [5.74, 6) is 1.48. The number of ether oxygens (including phenoxy) is 1. The summed E-state index contributed by atoms with van der Waals surface area (Å²) in [6, 6.07) is 11.0. The van der Waals surface area contributed by atoms with E-state index in [9.17, 15) is 0 Å². The van der Waals surface area contributed by atoms with E-state index in [0.29, 0.717) is 12.0 Å². The lowest BCUT2D eigenvalue weighted by molar-refractivity contribution is 0.173. The zero-order valence-corrected chi connectivity index (χ0v) is 13.5. The number of hydrogen-bond donors (Lipinski definition) is 0. The molecule has 0 aliphatic carbocycles. The lowest BCUT2D eigenvalue weighted by atomic mass is 9.98. The fraction of sp³-hybridized carbons (Fsp3) is 0.500. The first kappa shape index (κ1) is 15.1. The summed E-state index contributed by atoms with van der Waals surface area (Å²) in [5.41, 5.74) is 1.38. The molecule has 0 amide bonds. The van der Waals surface area contributed by atoms with Gasteiger partial charge in [0.2, 0.25) is 0 Å². The summed E-state index contributed by atoms with van der Waals surface area (Å²) in [5, 5.41) is 4.38. The smallest absolute Gasteiger partial charge is 0.118 e. The topological polar surface area (TPSA) is 30.3 Å². The van der Waals surface area contributed by atoms with E-state index in [1.807, 2.05) is 12.3 Å². The third-order valence-electron chi connectivity index (χ3n) is 4.67. The molecule has 0 saturated carbocycles. The van der Waals surface area contributed by atoms with Crippen LogP contribution in [0.3, 0.4) is 0 Å². The van der Waals surface area contributed by atoms with E-state index in [-0.39, 0.29) is 0 Å². The van der Waals surface area contributed by atoms with Gasteiger partial charge in [-0.15, -0.1) is 0 Å². The standard InChI is InChI=1S/C18H25N3O/c1-15(16-4-6-18(22-2)7-5-16)14-20-12-8-17(9-13-20)21-11-3-10-19-21/h3-7,10-11,15,17H,8-9,12-14H2,1-2H3. The van der Waals surface area contributed by atoms with Gasteiger partial charge in [-0.2, -0.15) is 5.10 Å². The SMILES string of the molecule is COc1ccc(C(C)CN2CCC(n3cccn3)CC2)cc1. The van der Waals surface area contributed by atoms with E-state index < -0.39 is 0 Å². The van der Waals surface area contributed by atoms with Crippen LogP contribution in [0.4, 0.5) is 0 Å². The Morgan fingerprint density at radius 3 is 2.55 bits per heavy atom. The van der Waals surface area contributed by atoms with Crippen LogP contribution in [0.25, 0.3) is 0 Å². The van der Waals surface area contributed by atoms with Crippen LogP contribution in [0.2, 0.25) is 0 Å². The first-order valence-corrected chi connectivity index (χ1v) is 8.11. The number of nitrogens with zero attached hydrogens (tertiary/aromatic N) is 3. The molecule has 22 heavy (non-hydrogen) atoms. The summed E-state index contributed by atoms with van der Waals surface area (Å²) < 4.78 is 7.34. The van der Waals surface area contributed by atoms with Crippen LogP contribution in [-0.2, 0) is 0 Å². The van der Waals surface area contributed by atoms with E-state index >= 15 is 0 Å². The Morgan fingerprint density at radius 1 is 1.23 bits per heavy atom. The first-order valence-electron chi connectivity index (χ1n) is 8.11. The van der Waals surface area contributed by atoms with Crippen LogP contribution in [-0.4, -0.2) is 41.4 Å². The Kier molecular flexibility index (Phi) is 4.78. The molecule has 1 aromatic heterocycles. The molecule has 1 aromatic carbocycles. The summed E-state index contributed by atoms with van der Waals surface area (Å²) >= 11 is 0. The number of piperidine rings is 1. The van der Waals surface area contributed by atoms with Gasteiger partial charge in [-0.25, -0.2) is 0 Å². The highest BCUT2D eigenvalue weighted by Gasteiger charge is 2.22. The van der Waals surface area contributed by atoms with E-state index in [1.54, 1.807) is 7.11 Å². The molecule has 1 aliphatic heterocycles. The number of benzene rings is 1. The molecule has 1 fully saturated rings. The molecule has 2 aromatic rings. The molecule has 1 saturated heterocycles. The van der Waals surface area contributed by atoms with Crippen molar-refractivity contribution in [1.29, 1.82) is 0 Å². The van der Waals surface area contributed by atoms with Crippen molar-refractivity contribution in [3.8, 4) is 5.75 Å². The van der Waals surface area contributed by atoms with Gasteiger partial charge in [0.05, 0.1) is 13.2 Å². The number of rotatable bonds is 5. The maximum absolute atomic E-state index is 5.23. The quantitative estimate of drug-likeness (QED) is 0.848. The van der Waals surface area contributed by atoms with Gasteiger partial charge in [-0.3, -0.25) is 4.68 Å². The van der Waals surface area contributed by atoms with Crippen molar-refractivity contribution in [2.45, 2.75) is 31.7 Å². The molecule has 0 spiro atoms. The Labute approximate surface area is 132 Å². The van der Waals surface area contributed by atoms with Gasteiger partial charge in [0.1, 0.15) is 5.75 Å². The zero-order chi connectivity index (χ0) is 15.4. The maximum atomic E-state index is 5.23. The molecule has 2 heterocycles. The maximum Gasteiger partial charge on any atom is 0.118 e. The average Bonchev–Trinajstić information content (AvgIpc) is 3.10. The van der Waals surface area contributed by atoms with Gasteiger partial charge in [0.25, 0.3) is 0 Å². The van der Waals surface area contributed by atoms with Gasteiger partial charge < -0.3 is 9.64 Å². The molecular formula is C18H25N3O. The Morgan fingerprint density at radius 2 is 1.95 bits per heavy atom. The van der Waals surface area contributed by atoms with Crippen molar-refractivity contribution in [3.05, 3.63) is 48.3 Å². The molecule has 0 N–H and O–H groups in total. The third-order valence-corrected chi connectivity index (χ3v) is 4.67. The lowest BCUT2D eigenvalue weighted by Crippen LogP contribution is -2.37. The van der Waals surface area contributed by atoms with Crippen molar-refractivity contribution in [1.82, 2.24) is 14.7 Å². The van der Waals surface area contributed by atoms with Crippen LogP contribution in [0.5, 0.6) is 5.75 Å². The predicted octanol–water partition coefficient (Wildman–Crippen LogP) is 3.33. The van der Waals surface area contributed by atoms with Gasteiger partial charge in [0.15, 0.2) is 0 Å². The molecule has 4 nitrogen and oxygen atoms in total. The zero-order valence-electron chi connectivity index (χ0n) is 13.5. The highest BCUT2D eigenvalue weighted by molar-refractivity contribution is 5.29. The Balaban J connectivity index is 1.51. The highest BCUT2D eigenvalue weighted by atomic mass is 16.5.